The molecule has 33 heavy (non-hydrogen) atoms. The number of nitrogens with one attached hydrogen (secondary N) is 1. The van der Waals surface area contributed by atoms with E-state index in [0.717, 1.165) is 28.4 Å². The number of aryl methyl sites for hydroxylation is 2. The Morgan fingerprint density at radius 2 is 1.79 bits per heavy atom. The summed E-state index contributed by atoms with van der Waals surface area (Å²) in [6.45, 7) is 8.44. The van der Waals surface area contributed by atoms with Crippen molar-refractivity contribution < 1.29 is 14.3 Å². The molecule has 0 bridgehead atoms. The van der Waals surface area contributed by atoms with E-state index in [1.54, 1.807) is 18.2 Å². The van der Waals surface area contributed by atoms with Crippen molar-refractivity contribution in [2.45, 2.75) is 59.5 Å². The van der Waals surface area contributed by atoms with Gasteiger partial charge in [0.05, 0.1) is 0 Å². The van der Waals surface area contributed by atoms with E-state index < -0.39 is 6.04 Å². The van der Waals surface area contributed by atoms with Crippen LogP contribution in [0, 0.1) is 13.8 Å². The third-order valence-corrected chi connectivity index (χ3v) is 7.18. The Morgan fingerprint density at radius 1 is 1.12 bits per heavy atom. The predicted octanol–water partition coefficient (Wildman–Crippen LogP) is 6.48. The van der Waals surface area contributed by atoms with Crippen LogP contribution in [0.1, 0.15) is 49.8 Å². The first-order chi connectivity index (χ1) is 15.7. The van der Waals surface area contributed by atoms with E-state index in [-0.39, 0.29) is 25.0 Å². The van der Waals surface area contributed by atoms with Crippen LogP contribution in [-0.2, 0) is 16.1 Å². The molecule has 2 amide bonds. The van der Waals surface area contributed by atoms with Crippen LogP contribution in [0.4, 0.5) is 0 Å². The van der Waals surface area contributed by atoms with Gasteiger partial charge in [0.15, 0.2) is 6.61 Å². The molecule has 0 aliphatic rings. The number of hydrogen-bond acceptors (Lipinski definition) is 3. The molecule has 180 valence electrons. The van der Waals surface area contributed by atoms with Gasteiger partial charge in [-0.15, -0.1) is 0 Å². The van der Waals surface area contributed by atoms with E-state index in [9.17, 15) is 9.59 Å². The van der Waals surface area contributed by atoms with Gasteiger partial charge in [0.25, 0.3) is 5.91 Å². The molecule has 2 aromatic rings. The Morgan fingerprint density at radius 3 is 2.36 bits per heavy atom. The Hall–Kier alpha value is -1.76. The van der Waals surface area contributed by atoms with E-state index in [4.69, 9.17) is 27.9 Å². The van der Waals surface area contributed by atoms with Gasteiger partial charge in [-0.3, -0.25) is 9.59 Å². The Kier molecular flexibility index (Phi) is 11.0. The molecular weight excluding hydrogens is 527 g/mol. The zero-order chi connectivity index (χ0) is 24.5. The number of unbranched alkanes of at least 4 members (excludes halogenated alkanes) is 1. The third-order valence-electron chi connectivity index (χ3n) is 5.34. The van der Waals surface area contributed by atoms with Gasteiger partial charge >= 0.3 is 0 Å². The maximum absolute atomic E-state index is 13.3. The summed E-state index contributed by atoms with van der Waals surface area (Å²) in [5, 5.41) is 3.90. The van der Waals surface area contributed by atoms with Crippen LogP contribution >= 0.6 is 39.1 Å². The van der Waals surface area contributed by atoms with Crippen LogP contribution in [-0.4, -0.2) is 35.9 Å². The molecule has 2 rings (SSSR count). The standard InChI is InChI=1S/C25H31BrCl2N2O3/c1-5-7-10-29-25(32)22(6-2)30(14-18-8-9-19(27)13-21(18)28)23(31)15-33-20-11-16(3)24(26)17(4)12-20/h8-9,11-13,22H,5-7,10,14-15H2,1-4H3,(H,29,32). The van der Waals surface area contributed by atoms with E-state index in [2.05, 4.69) is 28.2 Å². The fraction of sp³-hybridized carbons (Fsp3) is 0.440. The number of benzene rings is 2. The number of nitrogens with zero attached hydrogens (tertiary/aromatic N) is 1. The molecule has 1 unspecified atom stereocenters. The molecule has 0 aliphatic heterocycles. The van der Waals surface area contributed by atoms with Gasteiger partial charge in [-0.2, -0.15) is 0 Å². The number of rotatable bonds is 11. The molecule has 5 nitrogen and oxygen atoms in total. The smallest absolute Gasteiger partial charge is 0.261 e. The van der Waals surface area contributed by atoms with Gasteiger partial charge in [0.1, 0.15) is 11.8 Å². The minimum absolute atomic E-state index is 0.177. The lowest BCUT2D eigenvalue weighted by Gasteiger charge is -2.31. The highest BCUT2D eigenvalue weighted by molar-refractivity contribution is 9.10. The lowest BCUT2D eigenvalue weighted by molar-refractivity contribution is -0.143. The van der Waals surface area contributed by atoms with E-state index in [1.807, 2.05) is 32.9 Å². The average Bonchev–Trinajstić information content (AvgIpc) is 2.77. The highest BCUT2D eigenvalue weighted by atomic mass is 79.9. The fourth-order valence-electron chi connectivity index (χ4n) is 3.48. The molecular formula is C25H31BrCl2N2O3. The van der Waals surface area contributed by atoms with Crippen LogP contribution in [0.5, 0.6) is 5.75 Å². The minimum Gasteiger partial charge on any atom is -0.484 e. The lowest BCUT2D eigenvalue weighted by atomic mass is 10.1. The summed E-state index contributed by atoms with van der Waals surface area (Å²) in [4.78, 5) is 27.8. The van der Waals surface area contributed by atoms with Crippen LogP contribution in [0.2, 0.25) is 10.0 Å². The first kappa shape index (κ1) is 27.5. The topological polar surface area (TPSA) is 58.6 Å². The summed E-state index contributed by atoms with van der Waals surface area (Å²) in [5.74, 6) is 0.128. The summed E-state index contributed by atoms with van der Waals surface area (Å²) in [6.07, 6.45) is 2.32. The number of carbonyl (C=O) groups is 2. The van der Waals surface area contributed by atoms with Crippen LogP contribution in [0.15, 0.2) is 34.8 Å². The molecule has 0 aliphatic carbocycles. The van der Waals surface area contributed by atoms with Gasteiger partial charge in [-0.25, -0.2) is 0 Å². The van der Waals surface area contributed by atoms with Gasteiger partial charge < -0.3 is 15.0 Å². The largest absolute Gasteiger partial charge is 0.484 e. The van der Waals surface area contributed by atoms with Crippen molar-refractivity contribution in [2.24, 2.45) is 0 Å². The Labute approximate surface area is 214 Å². The van der Waals surface area contributed by atoms with Gasteiger partial charge in [0, 0.05) is 27.6 Å². The molecule has 0 fully saturated rings. The van der Waals surface area contributed by atoms with Crippen LogP contribution in [0.25, 0.3) is 0 Å². The minimum atomic E-state index is -0.641. The molecule has 0 aromatic heterocycles. The number of carbonyl (C=O) groups excluding carboxylic acids is 2. The molecule has 0 saturated heterocycles. The first-order valence-electron chi connectivity index (χ1n) is 11.1. The molecule has 0 spiro atoms. The van der Waals surface area contributed by atoms with Crippen LogP contribution < -0.4 is 10.1 Å². The molecule has 1 N–H and O–H groups in total. The average molecular weight is 558 g/mol. The first-order valence-corrected chi connectivity index (χ1v) is 12.6. The molecule has 8 heteroatoms. The molecule has 1 atom stereocenters. The predicted molar refractivity (Wildman–Crippen MR) is 138 cm³/mol. The summed E-state index contributed by atoms with van der Waals surface area (Å²) < 4.78 is 6.84. The van der Waals surface area contributed by atoms with Crippen molar-refractivity contribution in [3.8, 4) is 5.75 Å². The van der Waals surface area contributed by atoms with Crippen molar-refractivity contribution >= 4 is 50.9 Å². The van der Waals surface area contributed by atoms with E-state index >= 15 is 0 Å². The van der Waals surface area contributed by atoms with Crippen LogP contribution in [0.3, 0.4) is 0 Å². The highest BCUT2D eigenvalue weighted by Gasteiger charge is 2.29. The van der Waals surface area contributed by atoms with Crippen molar-refractivity contribution in [1.82, 2.24) is 10.2 Å². The van der Waals surface area contributed by atoms with Gasteiger partial charge in [-0.1, -0.05) is 65.5 Å². The normalized spacial score (nSPS) is 11.7. The highest BCUT2D eigenvalue weighted by Crippen LogP contribution is 2.27. The van der Waals surface area contributed by atoms with Crippen molar-refractivity contribution in [3.05, 3.63) is 61.5 Å². The van der Waals surface area contributed by atoms with Gasteiger partial charge in [0.2, 0.25) is 5.91 Å². The fourth-order valence-corrected chi connectivity index (χ4v) is 4.17. The molecule has 0 radical (unpaired) electrons. The summed E-state index contributed by atoms with van der Waals surface area (Å²) in [7, 11) is 0. The Bertz CT molecular complexity index is 961. The van der Waals surface area contributed by atoms with Crippen molar-refractivity contribution in [3.63, 3.8) is 0 Å². The second-order valence-corrected chi connectivity index (χ2v) is 9.62. The van der Waals surface area contributed by atoms with Crippen molar-refractivity contribution in [1.29, 1.82) is 0 Å². The summed E-state index contributed by atoms with van der Waals surface area (Å²) >= 11 is 15.9. The number of hydrogen-bond donors (Lipinski definition) is 1. The maximum atomic E-state index is 13.3. The zero-order valence-corrected chi connectivity index (χ0v) is 22.6. The number of halogens is 3. The number of ether oxygens (including phenoxy) is 1. The molecule has 0 heterocycles. The molecule has 2 aromatic carbocycles. The second kappa shape index (κ2) is 13.2. The Balaban J connectivity index is 2.25. The third kappa shape index (κ3) is 7.90. The SMILES string of the molecule is CCCCNC(=O)C(CC)N(Cc1ccc(Cl)cc1Cl)C(=O)COc1cc(C)c(Br)c(C)c1. The maximum Gasteiger partial charge on any atom is 0.261 e. The number of amides is 2. The second-order valence-electron chi connectivity index (χ2n) is 7.99. The van der Waals surface area contributed by atoms with E-state index in [0.29, 0.717) is 34.3 Å². The van der Waals surface area contributed by atoms with Gasteiger partial charge in [-0.05, 0) is 67.6 Å². The lowest BCUT2D eigenvalue weighted by Crippen LogP contribution is -2.50. The monoisotopic (exact) mass is 556 g/mol. The van der Waals surface area contributed by atoms with E-state index in [1.165, 1.54) is 4.90 Å². The quantitative estimate of drug-likeness (QED) is 0.322. The summed E-state index contributed by atoms with van der Waals surface area (Å²) in [6, 6.07) is 8.23. The molecule has 0 saturated carbocycles. The zero-order valence-electron chi connectivity index (χ0n) is 19.5. The van der Waals surface area contributed by atoms with Crippen molar-refractivity contribution in [2.75, 3.05) is 13.2 Å². The summed E-state index contributed by atoms with van der Waals surface area (Å²) in [5.41, 5.74) is 2.75.